The molecule has 1 aliphatic heterocycles. The summed E-state index contributed by atoms with van der Waals surface area (Å²) in [4.78, 5) is 24.3. The van der Waals surface area contributed by atoms with Gasteiger partial charge in [0.2, 0.25) is 0 Å². The average Bonchev–Trinajstić information content (AvgIpc) is 2.54. The van der Waals surface area contributed by atoms with Crippen LogP contribution in [0.5, 0.6) is 0 Å². The Morgan fingerprint density at radius 2 is 2.29 bits per heavy atom. The van der Waals surface area contributed by atoms with Crippen molar-refractivity contribution in [1.29, 1.82) is 0 Å². The summed E-state index contributed by atoms with van der Waals surface area (Å²) in [7, 11) is 0. The summed E-state index contributed by atoms with van der Waals surface area (Å²) in [5.41, 5.74) is -1.46. The number of aliphatic hydroxyl groups is 3. The molecule has 0 aromatic carbocycles. The van der Waals surface area contributed by atoms with Crippen LogP contribution in [0, 0.1) is 0 Å². The normalized spacial score (nSPS) is 32.9. The summed E-state index contributed by atoms with van der Waals surface area (Å²) in [6, 6.07) is 1.04. The van der Waals surface area contributed by atoms with Crippen molar-refractivity contribution in [3.05, 3.63) is 33.1 Å². The SMILES string of the molecule is O=c1ccn([C@@]2(O)C[C@H](O)[C@@H](CO)O2)c(=O)[nH]1. The van der Waals surface area contributed by atoms with E-state index in [9.17, 15) is 19.8 Å². The molecular formula is C9H12N2O6. The Morgan fingerprint density at radius 1 is 1.59 bits per heavy atom. The highest BCUT2D eigenvalue weighted by Crippen LogP contribution is 2.31. The molecule has 0 aliphatic carbocycles. The van der Waals surface area contributed by atoms with Crippen molar-refractivity contribution < 1.29 is 20.1 Å². The monoisotopic (exact) mass is 244 g/mol. The quantitative estimate of drug-likeness (QED) is 0.448. The maximum atomic E-state index is 11.5. The van der Waals surface area contributed by atoms with Gasteiger partial charge < -0.3 is 20.1 Å². The van der Waals surface area contributed by atoms with Crippen molar-refractivity contribution in [2.45, 2.75) is 24.5 Å². The van der Waals surface area contributed by atoms with Crippen LogP contribution < -0.4 is 11.2 Å². The van der Waals surface area contributed by atoms with Crippen molar-refractivity contribution in [3.63, 3.8) is 0 Å². The number of aromatic nitrogens is 2. The van der Waals surface area contributed by atoms with E-state index in [0.717, 1.165) is 16.8 Å². The summed E-state index contributed by atoms with van der Waals surface area (Å²) in [5.74, 6) is -2.06. The average molecular weight is 244 g/mol. The lowest BCUT2D eigenvalue weighted by Gasteiger charge is -2.24. The topological polar surface area (TPSA) is 125 Å². The first-order chi connectivity index (χ1) is 7.96. The molecule has 0 saturated carbocycles. The summed E-state index contributed by atoms with van der Waals surface area (Å²) in [6.07, 6.45) is -1.28. The first-order valence-corrected chi connectivity index (χ1v) is 4.98. The number of aliphatic hydroxyl groups excluding tert-OH is 2. The zero-order valence-corrected chi connectivity index (χ0v) is 8.74. The van der Waals surface area contributed by atoms with Gasteiger partial charge in [-0.05, 0) is 0 Å². The molecule has 1 aromatic heterocycles. The molecule has 0 bridgehead atoms. The van der Waals surface area contributed by atoms with E-state index in [1.54, 1.807) is 0 Å². The number of hydrogen-bond donors (Lipinski definition) is 4. The number of ether oxygens (including phenoxy) is 1. The Hall–Kier alpha value is -1.48. The van der Waals surface area contributed by atoms with Gasteiger partial charge in [0.15, 0.2) is 0 Å². The molecule has 1 fully saturated rings. The zero-order valence-electron chi connectivity index (χ0n) is 8.74. The van der Waals surface area contributed by atoms with Crippen LogP contribution in [0.3, 0.4) is 0 Å². The Labute approximate surface area is 94.7 Å². The van der Waals surface area contributed by atoms with Gasteiger partial charge in [-0.15, -0.1) is 0 Å². The molecule has 0 radical (unpaired) electrons. The maximum Gasteiger partial charge on any atom is 0.332 e. The molecule has 0 spiro atoms. The minimum atomic E-state index is -2.06. The van der Waals surface area contributed by atoms with Crippen LogP contribution in [0.15, 0.2) is 21.9 Å². The lowest BCUT2D eigenvalue weighted by Crippen LogP contribution is -2.44. The largest absolute Gasteiger partial charge is 0.394 e. The van der Waals surface area contributed by atoms with E-state index in [4.69, 9.17) is 9.84 Å². The van der Waals surface area contributed by atoms with Crippen molar-refractivity contribution in [2.24, 2.45) is 0 Å². The van der Waals surface area contributed by atoms with E-state index in [0.29, 0.717) is 0 Å². The Kier molecular flexibility index (Phi) is 2.87. The van der Waals surface area contributed by atoms with E-state index >= 15 is 0 Å². The van der Waals surface area contributed by atoms with E-state index in [1.807, 2.05) is 4.98 Å². The molecule has 1 aromatic rings. The second-order valence-electron chi connectivity index (χ2n) is 3.83. The fraction of sp³-hybridized carbons (Fsp3) is 0.556. The molecule has 0 amide bonds. The predicted octanol–water partition coefficient (Wildman–Crippen LogP) is -2.72. The van der Waals surface area contributed by atoms with Crippen molar-refractivity contribution in [2.75, 3.05) is 6.61 Å². The highest BCUT2D eigenvalue weighted by Gasteiger charge is 2.46. The Balaban J connectivity index is 2.40. The molecule has 17 heavy (non-hydrogen) atoms. The van der Waals surface area contributed by atoms with Crippen molar-refractivity contribution in [1.82, 2.24) is 9.55 Å². The van der Waals surface area contributed by atoms with E-state index in [2.05, 4.69) is 0 Å². The van der Waals surface area contributed by atoms with Gasteiger partial charge in [0.05, 0.1) is 19.1 Å². The number of rotatable bonds is 2. The van der Waals surface area contributed by atoms with Crippen LogP contribution in [-0.4, -0.2) is 43.7 Å². The summed E-state index contributed by atoms with van der Waals surface area (Å²) >= 11 is 0. The van der Waals surface area contributed by atoms with E-state index in [-0.39, 0.29) is 6.42 Å². The molecule has 1 saturated heterocycles. The Morgan fingerprint density at radius 3 is 2.82 bits per heavy atom. The number of hydrogen-bond acceptors (Lipinski definition) is 6. The number of nitrogens with one attached hydrogen (secondary N) is 1. The maximum absolute atomic E-state index is 11.5. The highest BCUT2D eigenvalue weighted by atomic mass is 16.7. The summed E-state index contributed by atoms with van der Waals surface area (Å²) in [6.45, 7) is -0.485. The van der Waals surface area contributed by atoms with Gasteiger partial charge in [-0.1, -0.05) is 0 Å². The van der Waals surface area contributed by atoms with Crippen LogP contribution in [-0.2, 0) is 10.6 Å². The van der Waals surface area contributed by atoms with Crippen LogP contribution in [0.4, 0.5) is 0 Å². The van der Waals surface area contributed by atoms with Crippen LogP contribution in [0.1, 0.15) is 6.42 Å². The molecule has 4 N–H and O–H groups in total. The first kappa shape index (κ1) is 12.0. The lowest BCUT2D eigenvalue weighted by molar-refractivity contribution is -0.258. The second-order valence-corrected chi connectivity index (χ2v) is 3.83. The third kappa shape index (κ3) is 2.03. The molecule has 8 heteroatoms. The molecule has 0 unspecified atom stereocenters. The molecule has 2 heterocycles. The number of aromatic amines is 1. The highest BCUT2D eigenvalue weighted by molar-refractivity contribution is 4.91. The molecule has 2 rings (SSSR count). The zero-order chi connectivity index (χ0) is 12.6. The van der Waals surface area contributed by atoms with Gasteiger partial charge in [-0.25, -0.2) is 9.36 Å². The van der Waals surface area contributed by atoms with Gasteiger partial charge in [-0.3, -0.25) is 9.78 Å². The number of H-pyrrole nitrogens is 1. The van der Waals surface area contributed by atoms with Gasteiger partial charge in [0.1, 0.15) is 6.10 Å². The van der Waals surface area contributed by atoms with Crippen LogP contribution >= 0.6 is 0 Å². The van der Waals surface area contributed by atoms with E-state index < -0.39 is 36.0 Å². The molecular weight excluding hydrogens is 232 g/mol. The minimum Gasteiger partial charge on any atom is -0.394 e. The van der Waals surface area contributed by atoms with Gasteiger partial charge in [-0.2, -0.15) is 0 Å². The lowest BCUT2D eigenvalue weighted by atomic mass is 10.2. The van der Waals surface area contributed by atoms with Crippen LogP contribution in [0.2, 0.25) is 0 Å². The summed E-state index contributed by atoms with van der Waals surface area (Å²) in [5, 5.41) is 28.4. The third-order valence-corrected chi connectivity index (χ3v) is 2.62. The van der Waals surface area contributed by atoms with Gasteiger partial charge >= 0.3 is 5.69 Å². The summed E-state index contributed by atoms with van der Waals surface area (Å²) < 4.78 is 5.77. The smallest absolute Gasteiger partial charge is 0.332 e. The Bertz CT molecular complexity index is 523. The number of nitrogens with zero attached hydrogens (tertiary/aromatic N) is 1. The van der Waals surface area contributed by atoms with Gasteiger partial charge in [0, 0.05) is 12.3 Å². The second kappa shape index (κ2) is 4.08. The first-order valence-electron chi connectivity index (χ1n) is 4.98. The molecule has 8 nitrogen and oxygen atoms in total. The molecule has 94 valence electrons. The van der Waals surface area contributed by atoms with Gasteiger partial charge in [0.25, 0.3) is 11.5 Å². The third-order valence-electron chi connectivity index (χ3n) is 2.62. The fourth-order valence-electron chi connectivity index (χ4n) is 1.78. The van der Waals surface area contributed by atoms with E-state index in [1.165, 1.54) is 0 Å². The molecule has 3 atom stereocenters. The minimum absolute atomic E-state index is 0.274. The fourth-order valence-corrected chi connectivity index (χ4v) is 1.78. The van der Waals surface area contributed by atoms with Crippen molar-refractivity contribution in [3.8, 4) is 0 Å². The van der Waals surface area contributed by atoms with Crippen LogP contribution in [0.25, 0.3) is 0 Å². The predicted molar refractivity (Wildman–Crippen MR) is 54.1 cm³/mol. The standard InChI is InChI=1S/C9H12N2O6/c12-4-6-5(13)3-9(16,17-6)11-2-1-7(14)10-8(11)15/h1-2,5-6,12-13,16H,3-4H2,(H,10,14,15)/t5-,6+,9+/m0/s1. The molecule has 1 aliphatic rings. The van der Waals surface area contributed by atoms with Crippen molar-refractivity contribution >= 4 is 0 Å².